The summed E-state index contributed by atoms with van der Waals surface area (Å²) in [5.74, 6) is -0.0412. The van der Waals surface area contributed by atoms with E-state index in [1.54, 1.807) is 10.7 Å². The molecule has 3 rings (SSSR count). The number of piperazine rings is 1. The molecule has 0 unspecified atom stereocenters. The minimum absolute atomic E-state index is 0.0412. The zero-order chi connectivity index (χ0) is 21.2. The molecule has 2 heterocycles. The number of benzene rings is 1. The van der Waals surface area contributed by atoms with E-state index in [0.717, 1.165) is 49.3 Å². The number of nitrogens with one attached hydrogen (secondary N) is 3. The van der Waals surface area contributed by atoms with E-state index in [2.05, 4.69) is 10.4 Å². The van der Waals surface area contributed by atoms with Crippen LogP contribution in [0.3, 0.4) is 0 Å². The second-order valence-corrected chi connectivity index (χ2v) is 7.77. The van der Waals surface area contributed by atoms with Crippen molar-refractivity contribution in [1.29, 1.82) is 0 Å². The first-order valence-electron chi connectivity index (χ1n) is 9.77. The second kappa shape index (κ2) is 8.54. The smallest absolute Gasteiger partial charge is 0.322 e. The first-order valence-corrected chi connectivity index (χ1v) is 9.77. The van der Waals surface area contributed by atoms with Gasteiger partial charge in [0.05, 0.1) is 22.6 Å². The number of rotatable bonds is 5. The Bertz CT molecular complexity index is 869. The molecular formula is C20H28F3N5O+2. The number of quaternary nitrogens is 2. The molecule has 0 spiro atoms. The van der Waals surface area contributed by atoms with E-state index in [9.17, 15) is 18.0 Å². The van der Waals surface area contributed by atoms with E-state index in [1.807, 2.05) is 20.9 Å². The monoisotopic (exact) mass is 411 g/mol. The van der Waals surface area contributed by atoms with E-state index in [0.29, 0.717) is 18.7 Å². The highest BCUT2D eigenvalue weighted by Crippen LogP contribution is 2.29. The van der Waals surface area contributed by atoms with Crippen molar-refractivity contribution in [3.63, 3.8) is 0 Å². The molecule has 1 fully saturated rings. The predicted molar refractivity (Wildman–Crippen MR) is 103 cm³/mol. The van der Waals surface area contributed by atoms with Crippen molar-refractivity contribution >= 4 is 11.6 Å². The summed E-state index contributed by atoms with van der Waals surface area (Å²) in [7, 11) is 1.84. The van der Waals surface area contributed by atoms with Crippen molar-refractivity contribution in [2.75, 3.05) is 38.0 Å². The number of carbonyl (C=O) groups excluding carboxylic acids is 1. The van der Waals surface area contributed by atoms with E-state index in [1.165, 1.54) is 21.9 Å². The van der Waals surface area contributed by atoms with Gasteiger partial charge in [-0.1, -0.05) is 12.1 Å². The molecule has 158 valence electrons. The number of anilines is 1. The van der Waals surface area contributed by atoms with Crippen LogP contribution in [0.2, 0.25) is 0 Å². The lowest BCUT2D eigenvalue weighted by molar-refractivity contribution is -1.02. The second-order valence-electron chi connectivity index (χ2n) is 7.77. The summed E-state index contributed by atoms with van der Waals surface area (Å²) in [6.45, 7) is 8.00. The fourth-order valence-corrected chi connectivity index (χ4v) is 3.82. The highest BCUT2D eigenvalue weighted by Gasteiger charge is 2.31. The number of alkyl halides is 3. The van der Waals surface area contributed by atoms with Crippen LogP contribution in [0, 0.1) is 13.8 Å². The summed E-state index contributed by atoms with van der Waals surface area (Å²) in [4.78, 5) is 14.8. The van der Waals surface area contributed by atoms with Gasteiger partial charge in [-0.05, 0) is 26.0 Å². The van der Waals surface area contributed by atoms with Gasteiger partial charge in [-0.15, -0.1) is 0 Å². The van der Waals surface area contributed by atoms with Crippen molar-refractivity contribution in [2.24, 2.45) is 7.05 Å². The van der Waals surface area contributed by atoms with Crippen molar-refractivity contribution in [1.82, 2.24) is 9.78 Å². The Balaban J connectivity index is 1.49. The van der Waals surface area contributed by atoms with Gasteiger partial charge in [-0.2, -0.15) is 18.3 Å². The Morgan fingerprint density at radius 1 is 1.17 bits per heavy atom. The average molecular weight is 411 g/mol. The SMILES string of the molecule is Cc1nn(C)c(C)c1NC(=O)C[NH+]1CC[NH+](Cc2cccc(C(F)(F)F)c2)CC1. The minimum Gasteiger partial charge on any atom is -0.322 e. The number of hydrogen-bond acceptors (Lipinski definition) is 2. The molecule has 6 nitrogen and oxygen atoms in total. The highest BCUT2D eigenvalue weighted by atomic mass is 19.4. The Morgan fingerprint density at radius 3 is 2.41 bits per heavy atom. The molecule has 0 radical (unpaired) electrons. The third-order valence-corrected chi connectivity index (χ3v) is 5.56. The Morgan fingerprint density at radius 2 is 1.83 bits per heavy atom. The van der Waals surface area contributed by atoms with Crippen LogP contribution in [0.5, 0.6) is 0 Å². The van der Waals surface area contributed by atoms with Crippen LogP contribution in [0.1, 0.15) is 22.5 Å². The molecule has 1 aliphatic heterocycles. The summed E-state index contributed by atoms with van der Waals surface area (Å²) >= 11 is 0. The average Bonchev–Trinajstić information content (AvgIpc) is 2.89. The molecular weight excluding hydrogens is 383 g/mol. The van der Waals surface area contributed by atoms with Crippen LogP contribution in [0.25, 0.3) is 0 Å². The molecule has 1 aromatic carbocycles. The van der Waals surface area contributed by atoms with Gasteiger partial charge in [0, 0.05) is 12.6 Å². The molecule has 0 bridgehead atoms. The fourth-order valence-electron chi connectivity index (χ4n) is 3.82. The lowest BCUT2D eigenvalue weighted by atomic mass is 10.1. The van der Waals surface area contributed by atoms with Crippen LogP contribution in [0.15, 0.2) is 24.3 Å². The van der Waals surface area contributed by atoms with E-state index in [-0.39, 0.29) is 5.91 Å². The van der Waals surface area contributed by atoms with E-state index in [4.69, 9.17) is 0 Å². The normalized spacial score (nSPS) is 19.9. The quantitative estimate of drug-likeness (QED) is 0.648. The minimum atomic E-state index is -4.31. The molecule has 9 heteroatoms. The lowest BCUT2D eigenvalue weighted by Gasteiger charge is -2.29. The first kappa shape index (κ1) is 21.3. The fraction of sp³-hybridized carbons (Fsp3) is 0.500. The van der Waals surface area contributed by atoms with Gasteiger partial charge in [0.25, 0.3) is 5.91 Å². The van der Waals surface area contributed by atoms with Gasteiger partial charge >= 0.3 is 6.18 Å². The largest absolute Gasteiger partial charge is 0.416 e. The predicted octanol–water partition coefficient (Wildman–Crippen LogP) is -0.0222. The van der Waals surface area contributed by atoms with Gasteiger partial charge in [0.2, 0.25) is 0 Å². The number of amides is 1. The maximum atomic E-state index is 12.9. The molecule has 2 aromatic rings. The molecule has 29 heavy (non-hydrogen) atoms. The van der Waals surface area contributed by atoms with Gasteiger partial charge in [0.15, 0.2) is 6.54 Å². The van der Waals surface area contributed by atoms with Gasteiger partial charge < -0.3 is 15.1 Å². The standard InChI is InChI=1S/C20H26F3N5O/c1-14-19(15(2)26(3)25-14)24-18(29)13-28-9-7-27(8-10-28)12-16-5-4-6-17(11-16)20(21,22)23/h4-6,11H,7-10,12-13H2,1-3H3,(H,24,29)/p+2. The van der Waals surface area contributed by atoms with Crippen molar-refractivity contribution in [3.8, 4) is 0 Å². The number of hydrogen-bond donors (Lipinski definition) is 3. The van der Waals surface area contributed by atoms with Crippen LogP contribution in [-0.2, 0) is 24.6 Å². The van der Waals surface area contributed by atoms with Crippen LogP contribution >= 0.6 is 0 Å². The van der Waals surface area contributed by atoms with Gasteiger partial charge in [0.1, 0.15) is 32.7 Å². The highest BCUT2D eigenvalue weighted by molar-refractivity contribution is 5.92. The summed E-state index contributed by atoms with van der Waals surface area (Å²) in [6, 6.07) is 5.54. The third kappa shape index (κ3) is 5.36. The van der Waals surface area contributed by atoms with Crippen molar-refractivity contribution < 1.29 is 27.8 Å². The maximum absolute atomic E-state index is 12.9. The Hall–Kier alpha value is -2.39. The van der Waals surface area contributed by atoms with E-state index < -0.39 is 11.7 Å². The third-order valence-electron chi connectivity index (χ3n) is 5.56. The Kier molecular flexibility index (Phi) is 6.28. The van der Waals surface area contributed by atoms with Crippen molar-refractivity contribution in [3.05, 3.63) is 46.8 Å². The number of aryl methyl sites for hydroxylation is 2. The molecule has 1 amide bonds. The molecule has 0 aliphatic carbocycles. The van der Waals surface area contributed by atoms with Crippen molar-refractivity contribution in [2.45, 2.75) is 26.6 Å². The van der Waals surface area contributed by atoms with Crippen LogP contribution in [-0.4, -0.2) is 48.4 Å². The van der Waals surface area contributed by atoms with Gasteiger partial charge in [-0.25, -0.2) is 0 Å². The summed E-state index contributed by atoms with van der Waals surface area (Å²) in [5.41, 5.74) is 2.57. The Labute approximate surface area is 168 Å². The zero-order valence-corrected chi connectivity index (χ0v) is 17.0. The van der Waals surface area contributed by atoms with Crippen LogP contribution < -0.4 is 15.1 Å². The summed E-state index contributed by atoms with van der Waals surface area (Å²) in [6.07, 6.45) is -4.31. The molecule has 1 saturated heterocycles. The number of aromatic nitrogens is 2. The van der Waals surface area contributed by atoms with Crippen LogP contribution in [0.4, 0.5) is 18.9 Å². The topological polar surface area (TPSA) is 55.8 Å². The molecule has 1 aliphatic rings. The molecule has 1 aromatic heterocycles. The first-order chi connectivity index (χ1) is 13.6. The summed E-state index contributed by atoms with van der Waals surface area (Å²) < 4.78 is 40.4. The zero-order valence-electron chi connectivity index (χ0n) is 17.0. The number of carbonyl (C=O) groups is 1. The number of halogens is 3. The maximum Gasteiger partial charge on any atom is 0.416 e. The number of nitrogens with zero attached hydrogens (tertiary/aromatic N) is 2. The molecule has 0 atom stereocenters. The van der Waals surface area contributed by atoms with Gasteiger partial charge in [-0.3, -0.25) is 9.48 Å². The molecule has 0 saturated carbocycles. The van der Waals surface area contributed by atoms with E-state index >= 15 is 0 Å². The molecule has 3 N–H and O–H groups in total. The lowest BCUT2D eigenvalue weighted by Crippen LogP contribution is -3.28. The summed E-state index contributed by atoms with van der Waals surface area (Å²) in [5, 5.41) is 7.26.